The van der Waals surface area contributed by atoms with E-state index in [-0.39, 0.29) is 11.9 Å². The average Bonchev–Trinajstić information content (AvgIpc) is 3.26. The highest BCUT2D eigenvalue weighted by molar-refractivity contribution is 6.31. The monoisotopic (exact) mass is 397 g/mol. The molecule has 0 aliphatic heterocycles. The van der Waals surface area contributed by atoms with Crippen molar-refractivity contribution in [3.63, 3.8) is 0 Å². The zero-order valence-corrected chi connectivity index (χ0v) is 16.8. The number of likely N-dealkylation sites (N-methyl/N-ethyl adjacent to an activating group) is 1. The minimum Gasteiger partial charge on any atom is -0.444 e. The van der Waals surface area contributed by atoms with E-state index in [1.165, 1.54) is 6.39 Å². The molecule has 1 amide bonds. The fraction of sp³-hybridized carbons (Fsp3) is 0.273. The summed E-state index contributed by atoms with van der Waals surface area (Å²) in [6.45, 7) is 6.44. The second kappa shape index (κ2) is 9.53. The van der Waals surface area contributed by atoms with Crippen LogP contribution in [0.25, 0.3) is 11.3 Å². The molecule has 0 aliphatic carbocycles. The zero-order valence-electron chi connectivity index (χ0n) is 16.1. The molecule has 3 rings (SSSR count). The molecule has 3 aromatic rings. The van der Waals surface area contributed by atoms with E-state index in [2.05, 4.69) is 29.0 Å². The van der Waals surface area contributed by atoms with Crippen LogP contribution < -0.4 is 5.32 Å². The van der Waals surface area contributed by atoms with E-state index in [1.807, 2.05) is 36.4 Å². The maximum atomic E-state index is 12.7. The Balaban J connectivity index is 1.72. The molecule has 0 saturated carbocycles. The predicted molar refractivity (Wildman–Crippen MR) is 111 cm³/mol. The van der Waals surface area contributed by atoms with Gasteiger partial charge in [0.25, 0.3) is 5.91 Å². The molecule has 0 fully saturated rings. The van der Waals surface area contributed by atoms with Crippen LogP contribution in [0, 0.1) is 0 Å². The minimum absolute atomic E-state index is 0.0149. The standard InChI is InChI=1S/C22H24ClN3O2/c1-3-26(4-2)20(18-7-5-6-8-19(18)23)13-25-22(27)17-11-9-16(10-12-17)21-14-24-15-28-21/h5-12,14-15,20H,3-4,13H2,1-2H3,(H,25,27). The molecular weight excluding hydrogens is 374 g/mol. The molecule has 1 heterocycles. The third-order valence-electron chi connectivity index (χ3n) is 4.84. The maximum absolute atomic E-state index is 12.7. The first kappa shape index (κ1) is 20.1. The highest BCUT2D eigenvalue weighted by Gasteiger charge is 2.21. The van der Waals surface area contributed by atoms with Crippen LogP contribution in [0.2, 0.25) is 5.02 Å². The SMILES string of the molecule is CCN(CC)C(CNC(=O)c1ccc(-c2cnco2)cc1)c1ccccc1Cl. The lowest BCUT2D eigenvalue weighted by Gasteiger charge is -2.31. The molecular formula is C22H24ClN3O2. The highest BCUT2D eigenvalue weighted by atomic mass is 35.5. The predicted octanol–water partition coefficient (Wildman–Crippen LogP) is 4.81. The van der Waals surface area contributed by atoms with Crippen molar-refractivity contribution in [2.45, 2.75) is 19.9 Å². The minimum atomic E-state index is -0.117. The Morgan fingerprint density at radius 1 is 1.14 bits per heavy atom. The van der Waals surface area contributed by atoms with Crippen LogP contribution in [0.4, 0.5) is 0 Å². The number of rotatable bonds is 8. The quantitative estimate of drug-likeness (QED) is 0.592. The Labute approximate surface area is 170 Å². The number of nitrogens with zero attached hydrogens (tertiary/aromatic N) is 2. The van der Waals surface area contributed by atoms with Crippen LogP contribution in [-0.4, -0.2) is 35.4 Å². The summed E-state index contributed by atoms with van der Waals surface area (Å²) < 4.78 is 5.28. The lowest BCUT2D eigenvalue weighted by Crippen LogP contribution is -2.38. The van der Waals surface area contributed by atoms with Crippen LogP contribution in [0.1, 0.15) is 35.8 Å². The number of hydrogen-bond donors (Lipinski definition) is 1. The number of hydrogen-bond acceptors (Lipinski definition) is 4. The number of oxazole rings is 1. The summed E-state index contributed by atoms with van der Waals surface area (Å²) >= 11 is 6.42. The topological polar surface area (TPSA) is 58.4 Å². The van der Waals surface area contributed by atoms with Crippen LogP contribution >= 0.6 is 11.6 Å². The van der Waals surface area contributed by atoms with Crippen molar-refractivity contribution in [3.8, 4) is 11.3 Å². The van der Waals surface area contributed by atoms with Gasteiger partial charge in [-0.25, -0.2) is 4.98 Å². The summed E-state index contributed by atoms with van der Waals surface area (Å²) in [6.07, 6.45) is 3.03. The number of halogens is 1. The third-order valence-corrected chi connectivity index (χ3v) is 5.18. The number of nitrogens with one attached hydrogen (secondary N) is 1. The van der Waals surface area contributed by atoms with Gasteiger partial charge in [-0.3, -0.25) is 9.69 Å². The van der Waals surface area contributed by atoms with E-state index in [9.17, 15) is 4.79 Å². The average molecular weight is 398 g/mol. The number of carbonyl (C=O) groups excluding carboxylic acids is 1. The summed E-state index contributed by atoms with van der Waals surface area (Å²) in [7, 11) is 0. The largest absolute Gasteiger partial charge is 0.444 e. The second-order valence-electron chi connectivity index (χ2n) is 6.41. The summed E-state index contributed by atoms with van der Waals surface area (Å²) in [5.41, 5.74) is 2.50. The van der Waals surface area contributed by atoms with Gasteiger partial charge in [0.05, 0.1) is 12.2 Å². The summed E-state index contributed by atoms with van der Waals surface area (Å²) in [5, 5.41) is 3.77. The Bertz CT molecular complexity index is 890. The van der Waals surface area contributed by atoms with Gasteiger partial charge < -0.3 is 9.73 Å². The van der Waals surface area contributed by atoms with Gasteiger partial charge in [-0.15, -0.1) is 0 Å². The molecule has 1 atom stereocenters. The van der Waals surface area contributed by atoms with Crippen LogP contribution in [0.3, 0.4) is 0 Å². The zero-order chi connectivity index (χ0) is 19.9. The fourth-order valence-corrected chi connectivity index (χ4v) is 3.54. The number of carbonyl (C=O) groups is 1. The smallest absolute Gasteiger partial charge is 0.251 e. The molecule has 1 unspecified atom stereocenters. The molecule has 0 bridgehead atoms. The first-order chi connectivity index (χ1) is 13.6. The normalized spacial score (nSPS) is 12.1. The third kappa shape index (κ3) is 4.61. The highest BCUT2D eigenvalue weighted by Crippen LogP contribution is 2.27. The number of aromatic nitrogens is 1. The lowest BCUT2D eigenvalue weighted by molar-refractivity contribution is 0.0935. The fourth-order valence-electron chi connectivity index (χ4n) is 3.28. The van der Waals surface area contributed by atoms with E-state index in [0.29, 0.717) is 22.9 Å². The van der Waals surface area contributed by atoms with Crippen LogP contribution in [-0.2, 0) is 0 Å². The molecule has 28 heavy (non-hydrogen) atoms. The molecule has 0 radical (unpaired) electrons. The van der Waals surface area contributed by atoms with Gasteiger partial charge >= 0.3 is 0 Å². The van der Waals surface area contributed by atoms with Crippen molar-refractivity contribution < 1.29 is 9.21 Å². The van der Waals surface area contributed by atoms with Gasteiger partial charge in [0.15, 0.2) is 12.2 Å². The first-order valence-electron chi connectivity index (χ1n) is 9.39. The van der Waals surface area contributed by atoms with Gasteiger partial charge in [-0.1, -0.05) is 55.8 Å². The van der Waals surface area contributed by atoms with Gasteiger partial charge in [0, 0.05) is 22.7 Å². The van der Waals surface area contributed by atoms with Crippen molar-refractivity contribution in [2.75, 3.05) is 19.6 Å². The Kier molecular flexibility index (Phi) is 6.85. The number of benzene rings is 2. The van der Waals surface area contributed by atoms with Crippen LogP contribution in [0.5, 0.6) is 0 Å². The molecule has 0 spiro atoms. The molecule has 1 aromatic heterocycles. The van der Waals surface area contributed by atoms with Gasteiger partial charge in [0.1, 0.15) is 0 Å². The summed E-state index contributed by atoms with van der Waals surface area (Å²) in [4.78, 5) is 18.9. The summed E-state index contributed by atoms with van der Waals surface area (Å²) in [6, 6.07) is 15.1. The Morgan fingerprint density at radius 3 is 2.46 bits per heavy atom. The van der Waals surface area contributed by atoms with E-state index < -0.39 is 0 Å². The molecule has 2 aromatic carbocycles. The maximum Gasteiger partial charge on any atom is 0.251 e. The second-order valence-corrected chi connectivity index (χ2v) is 6.82. The van der Waals surface area contributed by atoms with Gasteiger partial charge in [0.2, 0.25) is 0 Å². The van der Waals surface area contributed by atoms with E-state index in [1.54, 1.807) is 18.3 Å². The van der Waals surface area contributed by atoms with E-state index in [4.69, 9.17) is 16.0 Å². The van der Waals surface area contributed by atoms with Crippen molar-refractivity contribution in [3.05, 3.63) is 77.3 Å². The first-order valence-corrected chi connectivity index (χ1v) is 9.77. The van der Waals surface area contributed by atoms with Gasteiger partial charge in [-0.05, 0) is 36.9 Å². The Hall–Kier alpha value is -2.63. The van der Waals surface area contributed by atoms with Crippen molar-refractivity contribution in [2.24, 2.45) is 0 Å². The molecule has 146 valence electrons. The summed E-state index contributed by atoms with van der Waals surface area (Å²) in [5.74, 6) is 0.556. The molecule has 5 nitrogen and oxygen atoms in total. The lowest BCUT2D eigenvalue weighted by atomic mass is 10.0. The molecule has 1 N–H and O–H groups in total. The van der Waals surface area contributed by atoms with E-state index in [0.717, 1.165) is 24.2 Å². The molecule has 0 aliphatic rings. The van der Waals surface area contributed by atoms with Crippen molar-refractivity contribution in [1.82, 2.24) is 15.2 Å². The molecule has 6 heteroatoms. The van der Waals surface area contributed by atoms with Crippen LogP contribution in [0.15, 0.2) is 65.5 Å². The van der Waals surface area contributed by atoms with Gasteiger partial charge in [-0.2, -0.15) is 0 Å². The van der Waals surface area contributed by atoms with E-state index >= 15 is 0 Å². The van der Waals surface area contributed by atoms with Crippen molar-refractivity contribution >= 4 is 17.5 Å². The number of amides is 1. The molecule has 0 saturated heterocycles. The Morgan fingerprint density at radius 2 is 1.86 bits per heavy atom. The van der Waals surface area contributed by atoms with Crippen molar-refractivity contribution in [1.29, 1.82) is 0 Å².